The van der Waals surface area contributed by atoms with Crippen molar-refractivity contribution in [2.24, 2.45) is 0 Å². The summed E-state index contributed by atoms with van der Waals surface area (Å²) < 4.78 is 18.7. The average Bonchev–Trinajstić information content (AvgIpc) is 2.92. The summed E-state index contributed by atoms with van der Waals surface area (Å²) in [6.45, 7) is 0. The summed E-state index contributed by atoms with van der Waals surface area (Å²) in [5.74, 6) is 0.364. The van der Waals surface area contributed by atoms with Crippen LogP contribution in [0.2, 0.25) is 0 Å². The van der Waals surface area contributed by atoms with Gasteiger partial charge in [0.05, 0.1) is 4.47 Å². The van der Waals surface area contributed by atoms with Crippen LogP contribution in [-0.4, -0.2) is 10.1 Å². The molecule has 100 valence electrons. The van der Waals surface area contributed by atoms with Crippen LogP contribution in [0.25, 0.3) is 22.8 Å². The molecule has 0 amide bonds. The third kappa shape index (κ3) is 2.30. The van der Waals surface area contributed by atoms with Crippen LogP contribution < -0.4 is 5.73 Å². The first-order chi connectivity index (χ1) is 9.65. The van der Waals surface area contributed by atoms with E-state index in [0.717, 1.165) is 0 Å². The van der Waals surface area contributed by atoms with Crippen LogP contribution in [0.1, 0.15) is 0 Å². The summed E-state index contributed by atoms with van der Waals surface area (Å²) in [7, 11) is 0. The maximum Gasteiger partial charge on any atom is 0.258 e. The molecule has 2 N–H and O–H groups in total. The Morgan fingerprint density at radius 1 is 1.15 bits per heavy atom. The molecule has 6 heteroatoms. The van der Waals surface area contributed by atoms with Crippen LogP contribution in [0.5, 0.6) is 0 Å². The van der Waals surface area contributed by atoms with Gasteiger partial charge in [-0.2, -0.15) is 4.98 Å². The Kier molecular flexibility index (Phi) is 3.23. The minimum Gasteiger partial charge on any atom is -0.398 e. The third-order valence-corrected chi connectivity index (χ3v) is 3.40. The lowest BCUT2D eigenvalue weighted by molar-refractivity contribution is 0.432. The number of anilines is 1. The van der Waals surface area contributed by atoms with E-state index in [1.807, 2.05) is 18.2 Å². The molecule has 0 atom stereocenters. The van der Waals surface area contributed by atoms with E-state index in [4.69, 9.17) is 10.3 Å². The van der Waals surface area contributed by atoms with Crippen molar-refractivity contribution < 1.29 is 8.91 Å². The molecule has 4 nitrogen and oxygen atoms in total. The molecule has 0 aliphatic carbocycles. The summed E-state index contributed by atoms with van der Waals surface area (Å²) in [5.41, 5.74) is 7.76. The molecule has 0 aliphatic heterocycles. The summed E-state index contributed by atoms with van der Waals surface area (Å²) in [5, 5.41) is 3.90. The van der Waals surface area contributed by atoms with Gasteiger partial charge in [0, 0.05) is 16.8 Å². The minimum atomic E-state index is -0.346. The third-order valence-electron chi connectivity index (χ3n) is 2.79. The predicted molar refractivity (Wildman–Crippen MR) is 77.2 cm³/mol. The molecule has 0 aliphatic rings. The zero-order valence-electron chi connectivity index (χ0n) is 10.2. The maximum absolute atomic E-state index is 13.2. The van der Waals surface area contributed by atoms with Crippen molar-refractivity contribution >= 4 is 21.6 Å². The van der Waals surface area contributed by atoms with Crippen molar-refractivity contribution in [1.82, 2.24) is 10.1 Å². The highest BCUT2D eigenvalue weighted by Crippen LogP contribution is 2.28. The first kappa shape index (κ1) is 12.8. The molecular formula is C14H9BrFN3O. The molecular weight excluding hydrogens is 325 g/mol. The van der Waals surface area contributed by atoms with Gasteiger partial charge in [0.1, 0.15) is 5.82 Å². The molecule has 0 spiro atoms. The van der Waals surface area contributed by atoms with Crippen LogP contribution in [-0.2, 0) is 0 Å². The maximum atomic E-state index is 13.2. The number of nitrogen functional groups attached to an aromatic ring is 1. The summed E-state index contributed by atoms with van der Waals surface area (Å²) in [4.78, 5) is 4.28. The second-order valence-corrected chi connectivity index (χ2v) is 4.99. The number of aromatic nitrogens is 2. The Morgan fingerprint density at radius 2 is 1.95 bits per heavy atom. The molecule has 0 bridgehead atoms. The van der Waals surface area contributed by atoms with Gasteiger partial charge in [-0.15, -0.1) is 0 Å². The second kappa shape index (κ2) is 5.05. The van der Waals surface area contributed by atoms with Gasteiger partial charge in [0.2, 0.25) is 5.82 Å². The number of halogens is 2. The molecule has 0 saturated carbocycles. The lowest BCUT2D eigenvalue weighted by Crippen LogP contribution is -1.90. The van der Waals surface area contributed by atoms with E-state index >= 15 is 0 Å². The SMILES string of the molecule is Nc1ccccc1-c1noc(-c2ccc(F)c(Br)c2)n1. The lowest BCUT2D eigenvalue weighted by Gasteiger charge is -1.98. The van der Waals surface area contributed by atoms with Crippen LogP contribution in [0.4, 0.5) is 10.1 Å². The van der Waals surface area contributed by atoms with E-state index in [1.165, 1.54) is 6.07 Å². The Labute approximate surface area is 122 Å². The van der Waals surface area contributed by atoms with E-state index in [2.05, 4.69) is 26.1 Å². The first-order valence-electron chi connectivity index (χ1n) is 5.79. The zero-order chi connectivity index (χ0) is 14.1. The largest absolute Gasteiger partial charge is 0.398 e. The molecule has 3 rings (SSSR count). The van der Waals surface area contributed by atoms with Crippen LogP contribution >= 0.6 is 15.9 Å². The highest BCUT2D eigenvalue weighted by Gasteiger charge is 2.13. The topological polar surface area (TPSA) is 64.9 Å². The van der Waals surface area contributed by atoms with Crippen molar-refractivity contribution in [3.63, 3.8) is 0 Å². The molecule has 0 fully saturated rings. The summed E-state index contributed by atoms with van der Waals surface area (Å²) in [6.07, 6.45) is 0. The quantitative estimate of drug-likeness (QED) is 0.722. The Hall–Kier alpha value is -2.21. The second-order valence-electron chi connectivity index (χ2n) is 4.14. The fourth-order valence-electron chi connectivity index (χ4n) is 1.78. The number of nitrogens with two attached hydrogens (primary N) is 1. The number of hydrogen-bond donors (Lipinski definition) is 1. The number of benzene rings is 2. The first-order valence-corrected chi connectivity index (χ1v) is 6.58. The van der Waals surface area contributed by atoms with Gasteiger partial charge in [0.25, 0.3) is 5.89 Å². The molecule has 1 aromatic heterocycles. The van der Waals surface area contributed by atoms with Gasteiger partial charge >= 0.3 is 0 Å². The lowest BCUT2D eigenvalue weighted by atomic mass is 10.1. The van der Waals surface area contributed by atoms with E-state index in [9.17, 15) is 4.39 Å². The van der Waals surface area contributed by atoms with Gasteiger partial charge in [-0.25, -0.2) is 4.39 Å². The molecule has 0 unspecified atom stereocenters. The molecule has 0 radical (unpaired) electrons. The highest BCUT2D eigenvalue weighted by atomic mass is 79.9. The normalized spacial score (nSPS) is 10.7. The van der Waals surface area contributed by atoms with Crippen LogP contribution in [0.15, 0.2) is 51.5 Å². The predicted octanol–water partition coefficient (Wildman–Crippen LogP) is 3.89. The van der Waals surface area contributed by atoms with Crippen molar-refractivity contribution in [2.75, 3.05) is 5.73 Å². The monoisotopic (exact) mass is 333 g/mol. The Bertz CT molecular complexity index is 773. The van der Waals surface area contributed by atoms with E-state index < -0.39 is 0 Å². The van der Waals surface area contributed by atoms with E-state index in [-0.39, 0.29) is 5.82 Å². The fourth-order valence-corrected chi connectivity index (χ4v) is 2.16. The van der Waals surface area contributed by atoms with E-state index in [0.29, 0.717) is 33.0 Å². The van der Waals surface area contributed by atoms with Gasteiger partial charge in [-0.3, -0.25) is 0 Å². The molecule has 0 saturated heterocycles. The summed E-state index contributed by atoms with van der Waals surface area (Å²) in [6, 6.07) is 11.7. The summed E-state index contributed by atoms with van der Waals surface area (Å²) >= 11 is 3.12. The molecule has 1 heterocycles. The van der Waals surface area contributed by atoms with Crippen LogP contribution in [0.3, 0.4) is 0 Å². The van der Waals surface area contributed by atoms with Crippen molar-refractivity contribution in [2.45, 2.75) is 0 Å². The number of para-hydroxylation sites is 1. The molecule has 3 aromatic rings. The Morgan fingerprint density at radius 3 is 2.70 bits per heavy atom. The van der Waals surface area contributed by atoms with Crippen molar-refractivity contribution in [3.05, 3.63) is 52.8 Å². The highest BCUT2D eigenvalue weighted by molar-refractivity contribution is 9.10. The number of nitrogens with zero attached hydrogens (tertiary/aromatic N) is 2. The average molecular weight is 334 g/mol. The van der Waals surface area contributed by atoms with Crippen LogP contribution in [0, 0.1) is 5.82 Å². The van der Waals surface area contributed by atoms with Gasteiger partial charge in [-0.05, 0) is 46.3 Å². The molecule has 2 aromatic carbocycles. The van der Waals surface area contributed by atoms with Crippen molar-refractivity contribution in [1.29, 1.82) is 0 Å². The van der Waals surface area contributed by atoms with Gasteiger partial charge < -0.3 is 10.3 Å². The number of hydrogen-bond acceptors (Lipinski definition) is 4. The molecule has 20 heavy (non-hydrogen) atoms. The fraction of sp³-hybridized carbons (Fsp3) is 0. The van der Waals surface area contributed by atoms with Gasteiger partial charge in [-0.1, -0.05) is 17.3 Å². The van der Waals surface area contributed by atoms with Crippen molar-refractivity contribution in [3.8, 4) is 22.8 Å². The number of rotatable bonds is 2. The minimum absolute atomic E-state index is 0.309. The Balaban J connectivity index is 2.02. The van der Waals surface area contributed by atoms with E-state index in [1.54, 1.807) is 18.2 Å². The standard InChI is InChI=1S/C14H9BrFN3O/c15-10-7-8(5-6-11(10)16)14-18-13(19-20-14)9-3-1-2-4-12(9)17/h1-7H,17H2. The smallest absolute Gasteiger partial charge is 0.258 e. The zero-order valence-corrected chi connectivity index (χ0v) is 11.8. The van der Waals surface area contributed by atoms with Gasteiger partial charge in [0.15, 0.2) is 0 Å².